The Kier molecular flexibility index (Phi) is 2.04. The van der Waals surface area contributed by atoms with Gasteiger partial charge in [-0.15, -0.1) is 0 Å². The zero-order valence-electron chi connectivity index (χ0n) is 8.08. The average molecular weight is 175 g/mol. The number of hydrogen-bond donors (Lipinski definition) is 1. The molecule has 2 nitrogen and oxygen atoms in total. The highest BCUT2D eigenvalue weighted by Gasteiger charge is 2.30. The lowest BCUT2D eigenvalue weighted by Crippen LogP contribution is -2.24. The second-order valence-electron chi connectivity index (χ2n) is 3.56. The molecule has 2 rings (SSSR count). The minimum Gasteiger partial charge on any atom is -0.424 e. The number of nitrogen functional groups attached to an aromatic ring is 1. The van der Waals surface area contributed by atoms with E-state index >= 15 is 0 Å². The van der Waals surface area contributed by atoms with Gasteiger partial charge in [0.1, 0.15) is 0 Å². The summed E-state index contributed by atoms with van der Waals surface area (Å²) in [6, 6.07) is 6.06. The van der Waals surface area contributed by atoms with Crippen LogP contribution in [0.1, 0.15) is 25.0 Å². The van der Waals surface area contributed by atoms with Crippen molar-refractivity contribution in [1.29, 1.82) is 0 Å². The van der Waals surface area contributed by atoms with E-state index in [2.05, 4.69) is 19.8 Å². The van der Waals surface area contributed by atoms with Crippen molar-refractivity contribution in [2.45, 2.75) is 26.3 Å². The first-order chi connectivity index (χ1) is 6.22. The van der Waals surface area contributed by atoms with Crippen LogP contribution in [-0.4, -0.2) is 6.92 Å². The van der Waals surface area contributed by atoms with E-state index in [0.717, 1.165) is 12.1 Å². The zero-order valence-corrected chi connectivity index (χ0v) is 8.08. The van der Waals surface area contributed by atoms with E-state index < -0.39 is 0 Å². The SMILES string of the molecule is CC[C@@H]1OB(C)c2cc(N)ccc21. The second-order valence-corrected chi connectivity index (χ2v) is 3.56. The Labute approximate surface area is 79.2 Å². The highest BCUT2D eigenvalue weighted by molar-refractivity contribution is 6.67. The molecule has 0 aromatic heterocycles. The molecule has 0 aliphatic carbocycles. The fraction of sp³-hybridized carbons (Fsp3) is 0.400. The molecule has 0 spiro atoms. The van der Waals surface area contributed by atoms with Crippen molar-refractivity contribution in [2.75, 3.05) is 5.73 Å². The molecule has 0 radical (unpaired) electrons. The molecule has 0 unspecified atom stereocenters. The van der Waals surface area contributed by atoms with E-state index in [0.29, 0.717) is 0 Å². The van der Waals surface area contributed by atoms with E-state index in [9.17, 15) is 0 Å². The highest BCUT2D eigenvalue weighted by atomic mass is 16.5. The third-order valence-corrected chi connectivity index (χ3v) is 2.63. The molecular weight excluding hydrogens is 161 g/mol. The molecule has 1 heterocycles. The molecule has 13 heavy (non-hydrogen) atoms. The van der Waals surface area contributed by atoms with Crippen LogP contribution in [-0.2, 0) is 4.65 Å². The van der Waals surface area contributed by atoms with Gasteiger partial charge in [0.2, 0.25) is 0 Å². The average Bonchev–Trinajstić information content (AvgIpc) is 2.43. The van der Waals surface area contributed by atoms with Gasteiger partial charge in [0, 0.05) is 5.69 Å². The third-order valence-electron chi connectivity index (χ3n) is 2.63. The Balaban J connectivity index is 2.46. The minimum absolute atomic E-state index is 0.198. The lowest BCUT2D eigenvalue weighted by Gasteiger charge is -2.08. The summed E-state index contributed by atoms with van der Waals surface area (Å²) in [7, 11) is 0. The van der Waals surface area contributed by atoms with Gasteiger partial charge in [-0.05, 0) is 29.6 Å². The maximum atomic E-state index is 5.78. The largest absolute Gasteiger partial charge is 0.424 e. The summed E-state index contributed by atoms with van der Waals surface area (Å²) >= 11 is 0. The van der Waals surface area contributed by atoms with Crippen LogP contribution in [0.25, 0.3) is 0 Å². The predicted molar refractivity (Wildman–Crippen MR) is 56.2 cm³/mol. The zero-order chi connectivity index (χ0) is 9.42. The van der Waals surface area contributed by atoms with Crippen LogP contribution in [0.3, 0.4) is 0 Å². The van der Waals surface area contributed by atoms with Gasteiger partial charge in [0.15, 0.2) is 0 Å². The summed E-state index contributed by atoms with van der Waals surface area (Å²) in [6.07, 6.45) is 1.30. The first-order valence-electron chi connectivity index (χ1n) is 4.77. The van der Waals surface area contributed by atoms with Gasteiger partial charge in [-0.3, -0.25) is 0 Å². The van der Waals surface area contributed by atoms with Crippen LogP contribution in [0, 0.1) is 0 Å². The fourth-order valence-electron chi connectivity index (χ4n) is 1.95. The summed E-state index contributed by atoms with van der Waals surface area (Å²) in [6.45, 7) is 4.42. The van der Waals surface area contributed by atoms with Gasteiger partial charge in [-0.2, -0.15) is 0 Å². The Morgan fingerprint density at radius 1 is 1.54 bits per heavy atom. The number of hydrogen-bond acceptors (Lipinski definition) is 2. The van der Waals surface area contributed by atoms with Gasteiger partial charge in [-0.25, -0.2) is 0 Å². The van der Waals surface area contributed by atoms with E-state index in [4.69, 9.17) is 10.4 Å². The third kappa shape index (κ3) is 1.33. The second kappa shape index (κ2) is 3.07. The lowest BCUT2D eigenvalue weighted by atomic mass is 9.64. The van der Waals surface area contributed by atoms with Crippen molar-refractivity contribution in [3.63, 3.8) is 0 Å². The number of rotatable bonds is 1. The van der Waals surface area contributed by atoms with Crippen molar-refractivity contribution in [1.82, 2.24) is 0 Å². The Morgan fingerprint density at radius 3 is 3.00 bits per heavy atom. The summed E-state index contributed by atoms with van der Waals surface area (Å²) in [5.74, 6) is 0. The van der Waals surface area contributed by atoms with Gasteiger partial charge < -0.3 is 10.4 Å². The van der Waals surface area contributed by atoms with Crippen molar-refractivity contribution in [2.24, 2.45) is 0 Å². The molecule has 0 saturated heterocycles. The number of benzene rings is 1. The molecule has 1 aromatic rings. The molecule has 3 heteroatoms. The van der Waals surface area contributed by atoms with E-state index in [1.165, 1.54) is 11.0 Å². The summed E-state index contributed by atoms with van der Waals surface area (Å²) in [4.78, 5) is 0. The molecular formula is C10H14BNO. The molecule has 2 N–H and O–H groups in total. The topological polar surface area (TPSA) is 35.2 Å². The molecule has 0 amide bonds. The van der Waals surface area contributed by atoms with Crippen LogP contribution in [0.5, 0.6) is 0 Å². The minimum atomic E-state index is 0.198. The Hall–Kier alpha value is -0.955. The fourth-order valence-corrected chi connectivity index (χ4v) is 1.95. The number of nitrogens with two attached hydrogens (primary N) is 1. The van der Waals surface area contributed by atoms with Crippen molar-refractivity contribution >= 4 is 18.1 Å². The number of anilines is 1. The molecule has 1 aliphatic rings. The number of fused-ring (bicyclic) bond motifs is 1. The van der Waals surface area contributed by atoms with Crippen LogP contribution in [0.4, 0.5) is 5.69 Å². The van der Waals surface area contributed by atoms with Crippen LogP contribution >= 0.6 is 0 Å². The smallest absolute Gasteiger partial charge is 0.324 e. The predicted octanol–water partition coefficient (Wildman–Crippen LogP) is 1.58. The maximum absolute atomic E-state index is 5.78. The monoisotopic (exact) mass is 175 g/mol. The Bertz CT molecular complexity index is 327. The molecule has 1 aliphatic heterocycles. The molecule has 1 aromatic carbocycles. The van der Waals surface area contributed by atoms with Crippen LogP contribution in [0.2, 0.25) is 6.82 Å². The summed E-state index contributed by atoms with van der Waals surface area (Å²) in [5.41, 5.74) is 9.12. The highest BCUT2D eigenvalue weighted by Crippen LogP contribution is 2.27. The van der Waals surface area contributed by atoms with E-state index in [-0.39, 0.29) is 13.0 Å². The van der Waals surface area contributed by atoms with Crippen molar-refractivity contribution in [3.8, 4) is 0 Å². The summed E-state index contributed by atoms with van der Waals surface area (Å²) < 4.78 is 5.78. The van der Waals surface area contributed by atoms with Gasteiger partial charge in [0.25, 0.3) is 0 Å². The van der Waals surface area contributed by atoms with Gasteiger partial charge in [0.05, 0.1) is 6.10 Å². The lowest BCUT2D eigenvalue weighted by molar-refractivity contribution is 0.221. The van der Waals surface area contributed by atoms with Crippen LogP contribution < -0.4 is 11.2 Å². The molecule has 0 saturated carbocycles. The van der Waals surface area contributed by atoms with E-state index in [1.807, 2.05) is 12.1 Å². The van der Waals surface area contributed by atoms with Crippen LogP contribution in [0.15, 0.2) is 18.2 Å². The maximum Gasteiger partial charge on any atom is 0.324 e. The molecule has 0 bridgehead atoms. The molecule has 0 fully saturated rings. The standard InChI is InChI=1S/C10H14BNO/c1-3-10-8-5-4-7(12)6-9(8)11(2)13-10/h4-6,10H,3,12H2,1-2H3/t10-/m0/s1. The first-order valence-corrected chi connectivity index (χ1v) is 4.77. The Morgan fingerprint density at radius 2 is 2.31 bits per heavy atom. The first kappa shape index (κ1) is 8.63. The van der Waals surface area contributed by atoms with Crippen molar-refractivity contribution in [3.05, 3.63) is 23.8 Å². The normalized spacial score (nSPS) is 20.5. The summed E-state index contributed by atoms with van der Waals surface area (Å²) in [5, 5.41) is 0. The molecule has 1 atom stereocenters. The van der Waals surface area contributed by atoms with Gasteiger partial charge >= 0.3 is 6.92 Å². The van der Waals surface area contributed by atoms with Crippen molar-refractivity contribution < 1.29 is 4.65 Å². The molecule has 68 valence electrons. The van der Waals surface area contributed by atoms with Gasteiger partial charge in [-0.1, -0.05) is 19.8 Å². The van der Waals surface area contributed by atoms with E-state index in [1.54, 1.807) is 0 Å². The quantitative estimate of drug-likeness (QED) is 0.519.